The van der Waals surface area contributed by atoms with Gasteiger partial charge < -0.3 is 4.90 Å². The standard InChI is InChI=1S/C18H19ClN6O2/c19-14-6-4-13(5-7-14)10-25-17-16(21-22-25)18(27)24(12-20-17)11-15(26)23-8-2-1-3-9-23/h4-7,12H,1-3,8-11H2. The largest absolute Gasteiger partial charge is 0.341 e. The summed E-state index contributed by atoms with van der Waals surface area (Å²) in [5.74, 6) is -0.0634. The highest BCUT2D eigenvalue weighted by Gasteiger charge is 2.19. The van der Waals surface area contributed by atoms with E-state index in [-0.39, 0.29) is 23.5 Å². The van der Waals surface area contributed by atoms with Gasteiger partial charge in [0, 0.05) is 18.1 Å². The van der Waals surface area contributed by atoms with Gasteiger partial charge in [0.15, 0.2) is 11.2 Å². The summed E-state index contributed by atoms with van der Waals surface area (Å²) in [5, 5.41) is 8.68. The molecule has 0 unspecified atom stereocenters. The quantitative estimate of drug-likeness (QED) is 0.681. The Morgan fingerprint density at radius 1 is 1.11 bits per heavy atom. The molecule has 0 spiro atoms. The van der Waals surface area contributed by atoms with Crippen LogP contribution in [0.3, 0.4) is 0 Å². The third-order valence-electron chi connectivity index (χ3n) is 4.75. The number of benzene rings is 1. The maximum absolute atomic E-state index is 12.7. The molecule has 3 aromatic rings. The number of hydrogen-bond donors (Lipinski definition) is 0. The monoisotopic (exact) mass is 386 g/mol. The fraction of sp³-hybridized carbons (Fsp3) is 0.389. The zero-order valence-corrected chi connectivity index (χ0v) is 15.5. The maximum atomic E-state index is 12.7. The Bertz CT molecular complexity index is 1020. The summed E-state index contributed by atoms with van der Waals surface area (Å²) < 4.78 is 2.87. The van der Waals surface area contributed by atoms with Crippen LogP contribution in [0.15, 0.2) is 35.4 Å². The van der Waals surface area contributed by atoms with E-state index in [1.54, 1.807) is 21.7 Å². The number of amides is 1. The Balaban J connectivity index is 1.56. The molecular formula is C18H19ClN6O2. The van der Waals surface area contributed by atoms with Crippen molar-refractivity contribution in [2.75, 3.05) is 13.1 Å². The predicted octanol–water partition coefficient (Wildman–Crippen LogP) is 1.70. The van der Waals surface area contributed by atoms with Gasteiger partial charge >= 0.3 is 0 Å². The van der Waals surface area contributed by atoms with Crippen molar-refractivity contribution in [2.24, 2.45) is 0 Å². The van der Waals surface area contributed by atoms with Crippen molar-refractivity contribution in [3.8, 4) is 0 Å². The smallest absolute Gasteiger partial charge is 0.283 e. The molecule has 1 amide bonds. The van der Waals surface area contributed by atoms with Crippen molar-refractivity contribution in [3.05, 3.63) is 51.5 Å². The molecule has 140 valence electrons. The molecule has 8 nitrogen and oxygen atoms in total. The lowest BCUT2D eigenvalue weighted by molar-refractivity contribution is -0.132. The van der Waals surface area contributed by atoms with Crippen LogP contribution in [0.4, 0.5) is 0 Å². The van der Waals surface area contributed by atoms with Gasteiger partial charge in [-0.2, -0.15) is 0 Å². The first-order valence-electron chi connectivity index (χ1n) is 8.93. The van der Waals surface area contributed by atoms with Crippen molar-refractivity contribution in [1.82, 2.24) is 29.4 Å². The van der Waals surface area contributed by atoms with Gasteiger partial charge in [0.05, 0.1) is 6.54 Å². The number of likely N-dealkylation sites (tertiary alicyclic amines) is 1. The fourth-order valence-corrected chi connectivity index (χ4v) is 3.38. The molecule has 3 heterocycles. The molecule has 2 aromatic heterocycles. The molecule has 1 aliphatic heterocycles. The Morgan fingerprint density at radius 2 is 1.85 bits per heavy atom. The third-order valence-corrected chi connectivity index (χ3v) is 5.00. The van der Waals surface area contributed by atoms with E-state index in [4.69, 9.17) is 11.6 Å². The van der Waals surface area contributed by atoms with Gasteiger partial charge in [-0.15, -0.1) is 5.10 Å². The minimum atomic E-state index is -0.354. The number of carbonyl (C=O) groups is 1. The second-order valence-corrected chi connectivity index (χ2v) is 7.10. The van der Waals surface area contributed by atoms with Gasteiger partial charge in [-0.05, 0) is 37.0 Å². The van der Waals surface area contributed by atoms with E-state index in [1.165, 1.54) is 10.9 Å². The number of hydrogen-bond acceptors (Lipinski definition) is 5. The summed E-state index contributed by atoms with van der Waals surface area (Å²) in [7, 11) is 0. The summed E-state index contributed by atoms with van der Waals surface area (Å²) in [6, 6.07) is 7.36. The van der Waals surface area contributed by atoms with Crippen molar-refractivity contribution in [2.45, 2.75) is 32.4 Å². The number of nitrogens with zero attached hydrogens (tertiary/aromatic N) is 6. The van der Waals surface area contributed by atoms with Gasteiger partial charge in [-0.1, -0.05) is 28.9 Å². The molecule has 1 aliphatic rings. The third kappa shape index (κ3) is 3.71. The predicted molar refractivity (Wildman–Crippen MR) is 101 cm³/mol. The first-order chi connectivity index (χ1) is 13.1. The lowest BCUT2D eigenvalue weighted by Crippen LogP contribution is -2.39. The Hall–Kier alpha value is -2.74. The molecule has 1 aromatic carbocycles. The zero-order valence-electron chi connectivity index (χ0n) is 14.7. The molecule has 0 radical (unpaired) electrons. The van der Waals surface area contributed by atoms with E-state index in [1.807, 2.05) is 12.1 Å². The molecule has 0 N–H and O–H groups in total. The average Bonchev–Trinajstić information content (AvgIpc) is 3.10. The highest BCUT2D eigenvalue weighted by atomic mass is 35.5. The maximum Gasteiger partial charge on any atom is 0.283 e. The second kappa shape index (κ2) is 7.48. The molecule has 27 heavy (non-hydrogen) atoms. The summed E-state index contributed by atoms with van der Waals surface area (Å²) in [4.78, 5) is 31.2. The Morgan fingerprint density at radius 3 is 2.59 bits per heavy atom. The second-order valence-electron chi connectivity index (χ2n) is 6.66. The number of halogens is 1. The minimum Gasteiger partial charge on any atom is -0.341 e. The van der Waals surface area contributed by atoms with Crippen LogP contribution in [-0.4, -0.2) is 48.4 Å². The van der Waals surface area contributed by atoms with Gasteiger partial charge in [0.2, 0.25) is 5.91 Å². The normalized spacial score (nSPS) is 14.6. The molecule has 1 saturated heterocycles. The van der Waals surface area contributed by atoms with Crippen LogP contribution >= 0.6 is 11.6 Å². The molecule has 4 rings (SSSR count). The zero-order chi connectivity index (χ0) is 18.8. The van der Waals surface area contributed by atoms with Crippen LogP contribution in [0, 0.1) is 0 Å². The van der Waals surface area contributed by atoms with Gasteiger partial charge in [-0.25, -0.2) is 9.67 Å². The number of rotatable bonds is 4. The number of carbonyl (C=O) groups excluding carboxylic acids is 1. The van der Waals surface area contributed by atoms with Crippen molar-refractivity contribution in [3.63, 3.8) is 0 Å². The lowest BCUT2D eigenvalue weighted by atomic mass is 10.1. The molecule has 9 heteroatoms. The summed E-state index contributed by atoms with van der Waals surface area (Å²) in [5.41, 5.74) is 1.18. The molecular weight excluding hydrogens is 368 g/mol. The first kappa shape index (κ1) is 17.7. The minimum absolute atomic E-state index is 0.0220. The van der Waals surface area contributed by atoms with Crippen LogP contribution in [-0.2, 0) is 17.9 Å². The van der Waals surface area contributed by atoms with E-state index in [0.29, 0.717) is 17.2 Å². The first-order valence-corrected chi connectivity index (χ1v) is 9.30. The van der Waals surface area contributed by atoms with Gasteiger partial charge in [0.25, 0.3) is 5.56 Å². The number of aromatic nitrogens is 5. The Labute approximate surface area is 160 Å². The van der Waals surface area contributed by atoms with Crippen molar-refractivity contribution in [1.29, 1.82) is 0 Å². The Kier molecular flexibility index (Phi) is 4.89. The van der Waals surface area contributed by atoms with E-state index >= 15 is 0 Å². The van der Waals surface area contributed by atoms with E-state index in [9.17, 15) is 9.59 Å². The van der Waals surface area contributed by atoms with Crippen molar-refractivity contribution >= 4 is 28.7 Å². The molecule has 0 atom stereocenters. The fourth-order valence-electron chi connectivity index (χ4n) is 3.26. The van der Waals surface area contributed by atoms with E-state index < -0.39 is 0 Å². The highest BCUT2D eigenvalue weighted by Crippen LogP contribution is 2.12. The molecule has 0 bridgehead atoms. The molecule has 0 aliphatic carbocycles. The summed E-state index contributed by atoms with van der Waals surface area (Å²) in [6.07, 6.45) is 4.57. The number of fused-ring (bicyclic) bond motifs is 1. The summed E-state index contributed by atoms with van der Waals surface area (Å²) in [6.45, 7) is 1.91. The molecule has 1 fully saturated rings. The van der Waals surface area contributed by atoms with Gasteiger partial charge in [-0.3, -0.25) is 14.2 Å². The van der Waals surface area contributed by atoms with Crippen LogP contribution in [0.1, 0.15) is 24.8 Å². The average molecular weight is 387 g/mol. The summed E-state index contributed by atoms with van der Waals surface area (Å²) >= 11 is 5.90. The highest BCUT2D eigenvalue weighted by molar-refractivity contribution is 6.30. The van der Waals surface area contributed by atoms with E-state index in [0.717, 1.165) is 37.9 Å². The van der Waals surface area contributed by atoms with Crippen LogP contribution in [0.5, 0.6) is 0 Å². The van der Waals surface area contributed by atoms with Crippen LogP contribution in [0.2, 0.25) is 5.02 Å². The van der Waals surface area contributed by atoms with E-state index in [2.05, 4.69) is 15.3 Å². The topological polar surface area (TPSA) is 85.9 Å². The number of piperidine rings is 1. The van der Waals surface area contributed by atoms with Crippen molar-refractivity contribution < 1.29 is 4.79 Å². The lowest BCUT2D eigenvalue weighted by Gasteiger charge is -2.26. The van der Waals surface area contributed by atoms with Gasteiger partial charge in [0.1, 0.15) is 12.9 Å². The SMILES string of the molecule is O=C(Cn1cnc2c(nnn2Cc2ccc(Cl)cc2)c1=O)N1CCCCC1. The molecule has 0 saturated carbocycles. The van der Waals surface area contributed by atoms with Crippen LogP contribution in [0.25, 0.3) is 11.2 Å². The van der Waals surface area contributed by atoms with Crippen LogP contribution < -0.4 is 5.56 Å².